The van der Waals surface area contributed by atoms with Crippen LogP contribution in [0, 0.1) is 13.8 Å². The highest BCUT2D eigenvalue weighted by atomic mass is 79.9. The quantitative estimate of drug-likeness (QED) is 0.0582. The summed E-state index contributed by atoms with van der Waals surface area (Å²) in [6.07, 6.45) is 19.6. The first-order valence-corrected chi connectivity index (χ1v) is 32.5. The van der Waals surface area contributed by atoms with Gasteiger partial charge in [0.2, 0.25) is 0 Å². The number of carbonyl (C=O) groups excluding carboxylic acids is 2. The molecule has 2 amide bonds. The number of hydrogen-bond donors (Lipinski definition) is 4. The Bertz CT molecular complexity index is 2850. The highest BCUT2D eigenvalue weighted by Gasteiger charge is 2.43. The summed E-state index contributed by atoms with van der Waals surface area (Å²) < 4.78 is 23.4. The molecule has 5 aromatic rings. The summed E-state index contributed by atoms with van der Waals surface area (Å²) in [4.78, 5) is 35.2. The van der Waals surface area contributed by atoms with E-state index >= 15 is 0 Å². The van der Waals surface area contributed by atoms with E-state index in [0.29, 0.717) is 65.0 Å². The van der Waals surface area contributed by atoms with Crippen molar-refractivity contribution >= 4 is 45.2 Å². The minimum atomic E-state index is -0.404. The summed E-state index contributed by atoms with van der Waals surface area (Å²) in [5, 5.41) is 16.4. The van der Waals surface area contributed by atoms with Gasteiger partial charge in [-0.15, -0.1) is 0 Å². The lowest BCUT2D eigenvalue weighted by Gasteiger charge is -2.48. The van der Waals surface area contributed by atoms with Gasteiger partial charge < -0.3 is 34.7 Å². The van der Waals surface area contributed by atoms with Gasteiger partial charge in [0.15, 0.2) is 0 Å². The Balaban J connectivity index is 0.000000154. The first-order valence-electron chi connectivity index (χ1n) is 31.7. The number of ether oxygens (including phenoxy) is 4. The van der Waals surface area contributed by atoms with Crippen LogP contribution in [0.3, 0.4) is 0 Å². The fourth-order valence-corrected chi connectivity index (χ4v) is 15.0. The molecule has 6 fully saturated rings. The Morgan fingerprint density at radius 1 is 0.612 bits per heavy atom. The number of nitrogens with one attached hydrogen (secondary N) is 2. The summed E-state index contributed by atoms with van der Waals surface area (Å²) in [7, 11) is 7.34. The molecule has 460 valence electrons. The predicted octanol–water partition coefficient (Wildman–Crippen LogP) is 14.6. The van der Waals surface area contributed by atoms with Crippen molar-refractivity contribution in [3.63, 3.8) is 0 Å². The zero-order chi connectivity index (χ0) is 59.8. The van der Waals surface area contributed by atoms with Crippen LogP contribution in [-0.4, -0.2) is 128 Å². The maximum absolute atomic E-state index is 12.6. The fourth-order valence-electron chi connectivity index (χ4n) is 14.6. The second kappa shape index (κ2) is 31.3. The number of fused-ring (bicyclic) bond motifs is 6. The van der Waals surface area contributed by atoms with E-state index in [2.05, 4.69) is 115 Å². The minimum absolute atomic E-state index is 0.00501. The van der Waals surface area contributed by atoms with Gasteiger partial charge >= 0.3 is 12.2 Å². The molecule has 6 bridgehead atoms. The van der Waals surface area contributed by atoms with Crippen LogP contribution >= 0.6 is 15.9 Å². The van der Waals surface area contributed by atoms with Crippen LogP contribution in [0.5, 0.6) is 11.5 Å². The molecule has 0 radical (unpaired) electrons. The zero-order valence-electron chi connectivity index (χ0n) is 51.4. The number of carbonyl (C=O) groups is 2. The number of benzene rings is 5. The van der Waals surface area contributed by atoms with Crippen LogP contribution in [-0.2, 0) is 16.0 Å². The average molecular weight is 1230 g/mol. The molecule has 15 heteroatoms. The van der Waals surface area contributed by atoms with Crippen LogP contribution < -0.4 is 30.7 Å². The first kappa shape index (κ1) is 63.8. The number of anilines is 3. The van der Waals surface area contributed by atoms with Gasteiger partial charge in [-0.3, -0.25) is 25.3 Å². The van der Waals surface area contributed by atoms with Crippen molar-refractivity contribution in [3.8, 4) is 11.5 Å². The van der Waals surface area contributed by atoms with E-state index in [1.165, 1.54) is 107 Å². The van der Waals surface area contributed by atoms with Gasteiger partial charge in [-0.25, -0.2) is 9.59 Å². The van der Waals surface area contributed by atoms with Gasteiger partial charge in [0.05, 0.1) is 31.7 Å². The molecule has 0 saturated carbocycles. The third-order valence-corrected chi connectivity index (χ3v) is 19.4. The summed E-state index contributed by atoms with van der Waals surface area (Å²) in [5.41, 5.74) is 14.1. The number of hydrogen-bond acceptors (Lipinski definition) is 12. The number of aryl methyl sites for hydroxylation is 2. The first-order chi connectivity index (χ1) is 41.2. The predicted molar refractivity (Wildman–Crippen MR) is 346 cm³/mol. The number of nitrogens with zero attached hydrogens (tertiary/aromatic N) is 4. The van der Waals surface area contributed by atoms with Crippen molar-refractivity contribution in [2.24, 2.45) is 5.73 Å². The van der Waals surface area contributed by atoms with Crippen molar-refractivity contribution in [1.29, 1.82) is 0 Å². The Morgan fingerprint density at radius 2 is 1.13 bits per heavy atom. The average Bonchev–Trinajstić information content (AvgIpc) is 3.99. The number of piperidine rings is 5. The molecule has 85 heavy (non-hydrogen) atoms. The standard InChI is InChI=1S/C26H35N3O3.C23H37N3O3.C21H24BrNO/c1-18-8-13-25(31-4)24(14-18)27-26(30)32-23-15-21-6-5-7-22(16-23)29(21)17-19-9-11-20(12-10-19)28(2)3;1-17-10-11-22(28-2)21(14-17)25-23(27)29-20-15-18-8-7-9-19(16-20)26(18)13-6-4-3-5-12-24;22-18-8-4-7-16(11-18)21(24)14-23-19-9-10-20(23)13-17(12-19)15-5-2-1-3-6-15/h8-14,21-23H,5-7,15-17H2,1-4H3,(H,27,30);10-11,14,18-20H,3-9,12-13,15-16,24H2,1-2H3,(H,25,27);1-8,11,17,19-21,24H,9-10,12-14H2/t;;17?,19?,20?,21-/m..0/s1. The third-order valence-electron chi connectivity index (χ3n) is 18.9. The molecule has 0 spiro atoms. The number of aliphatic hydroxyl groups excluding tert-OH is 1. The second-order valence-corrected chi connectivity index (χ2v) is 26.0. The van der Waals surface area contributed by atoms with Crippen molar-refractivity contribution in [3.05, 3.63) is 148 Å². The fraction of sp³-hybridized carbons (Fsp3) is 0.543. The number of halogens is 1. The molecular formula is C70H96BrN7O7. The monoisotopic (exact) mass is 1230 g/mol. The number of nitrogens with two attached hydrogens (primary N) is 1. The largest absolute Gasteiger partial charge is 0.495 e. The number of amides is 2. The van der Waals surface area contributed by atoms with Crippen LogP contribution in [0.25, 0.3) is 0 Å². The van der Waals surface area contributed by atoms with Gasteiger partial charge in [0.25, 0.3) is 0 Å². The lowest BCUT2D eigenvalue weighted by Crippen LogP contribution is -2.54. The highest BCUT2D eigenvalue weighted by molar-refractivity contribution is 9.10. The van der Waals surface area contributed by atoms with E-state index in [-0.39, 0.29) is 18.3 Å². The van der Waals surface area contributed by atoms with Gasteiger partial charge in [-0.1, -0.05) is 108 Å². The Labute approximate surface area is 515 Å². The molecule has 5 N–H and O–H groups in total. The lowest BCUT2D eigenvalue weighted by molar-refractivity contribution is -0.0348. The number of rotatable bonds is 19. The topological polar surface area (TPSA) is 154 Å². The second-order valence-electron chi connectivity index (χ2n) is 25.0. The van der Waals surface area contributed by atoms with E-state index in [4.69, 9.17) is 24.7 Å². The molecule has 7 atom stereocenters. The lowest BCUT2D eigenvalue weighted by atomic mass is 9.82. The molecular weight excluding hydrogens is 1130 g/mol. The summed E-state index contributed by atoms with van der Waals surface area (Å²) >= 11 is 3.50. The summed E-state index contributed by atoms with van der Waals surface area (Å²) in [6, 6.07) is 42.5. The van der Waals surface area contributed by atoms with E-state index in [9.17, 15) is 14.7 Å². The molecule has 14 nitrogen and oxygen atoms in total. The zero-order valence-corrected chi connectivity index (χ0v) is 53.0. The smallest absolute Gasteiger partial charge is 0.412 e. The van der Waals surface area contributed by atoms with Crippen molar-refractivity contribution in [2.75, 3.05) is 63.5 Å². The van der Waals surface area contributed by atoms with Crippen molar-refractivity contribution < 1.29 is 33.6 Å². The van der Waals surface area contributed by atoms with Gasteiger partial charge in [-0.2, -0.15) is 0 Å². The van der Waals surface area contributed by atoms with Crippen LogP contribution in [0.15, 0.2) is 120 Å². The van der Waals surface area contributed by atoms with Crippen LogP contribution in [0.4, 0.5) is 26.7 Å². The maximum atomic E-state index is 12.6. The van der Waals surface area contributed by atoms with Crippen LogP contribution in [0.2, 0.25) is 0 Å². The van der Waals surface area contributed by atoms with Crippen LogP contribution in [0.1, 0.15) is 155 Å². The molecule has 0 aliphatic carbocycles. The maximum Gasteiger partial charge on any atom is 0.412 e. The Morgan fingerprint density at radius 3 is 1.64 bits per heavy atom. The van der Waals surface area contributed by atoms with E-state index < -0.39 is 12.2 Å². The van der Waals surface area contributed by atoms with E-state index in [0.717, 1.165) is 72.9 Å². The molecule has 6 unspecified atom stereocenters. The Hall–Kier alpha value is -5.68. The molecule has 6 aliphatic rings. The molecule has 5 aromatic carbocycles. The Kier molecular flexibility index (Phi) is 23.5. The molecule has 6 aliphatic heterocycles. The van der Waals surface area contributed by atoms with Gasteiger partial charge in [0, 0.05) is 99.3 Å². The highest BCUT2D eigenvalue weighted by Crippen LogP contribution is 2.44. The molecule has 6 heterocycles. The number of aliphatic hydroxyl groups is 1. The van der Waals surface area contributed by atoms with Gasteiger partial charge in [0.1, 0.15) is 23.7 Å². The number of unbranched alkanes of at least 4 members (excludes halogenated alkanes) is 3. The van der Waals surface area contributed by atoms with Gasteiger partial charge in [-0.05, 0) is 173 Å². The minimum Gasteiger partial charge on any atom is -0.495 e. The van der Waals surface area contributed by atoms with Crippen molar-refractivity contribution in [2.45, 2.75) is 196 Å². The normalized spacial score (nSPS) is 24.7. The summed E-state index contributed by atoms with van der Waals surface area (Å²) in [6.45, 7) is 7.66. The third kappa shape index (κ3) is 17.7. The molecule has 0 aromatic heterocycles. The number of methoxy groups -OCH3 is 2. The van der Waals surface area contributed by atoms with E-state index in [1.807, 2.05) is 74.5 Å². The SMILES string of the molecule is COc1ccc(C)cc1NC(=O)OC1CC2CCCC(C1)N2CCCCCCN.COc1ccc(C)cc1NC(=O)OC1CC2CCCC(C1)N2Cc1ccc(N(C)C)cc1.O[C@@H](CN1C2CCC1CC(c1ccccc1)C2)c1cccc(Br)c1. The van der Waals surface area contributed by atoms with Crippen molar-refractivity contribution in [1.82, 2.24) is 14.7 Å². The molecule has 6 saturated heterocycles. The van der Waals surface area contributed by atoms with E-state index in [1.54, 1.807) is 14.2 Å². The molecule has 11 rings (SSSR count). The summed E-state index contributed by atoms with van der Waals surface area (Å²) in [5.74, 6) is 1.97.